The lowest BCUT2D eigenvalue weighted by molar-refractivity contribution is 1.22. The predicted molar refractivity (Wildman–Crippen MR) is 68.1 cm³/mol. The second-order valence-electron chi connectivity index (χ2n) is 3.76. The van der Waals surface area contributed by atoms with E-state index in [4.69, 9.17) is 5.73 Å². The largest absolute Gasteiger partial charge is 0.387 e. The van der Waals surface area contributed by atoms with Gasteiger partial charge in [-0.15, -0.1) is 0 Å². The molecule has 0 radical (unpaired) electrons. The van der Waals surface area contributed by atoms with Gasteiger partial charge in [-0.3, -0.25) is 4.98 Å². The van der Waals surface area contributed by atoms with Gasteiger partial charge in [0.2, 0.25) is 0 Å². The second kappa shape index (κ2) is 4.31. The van der Waals surface area contributed by atoms with Crippen LogP contribution in [0.1, 0.15) is 19.0 Å². The van der Waals surface area contributed by atoms with Crippen LogP contribution in [-0.2, 0) is 0 Å². The van der Waals surface area contributed by atoms with E-state index in [-0.39, 0.29) is 0 Å². The zero-order valence-corrected chi connectivity index (χ0v) is 9.57. The van der Waals surface area contributed by atoms with Crippen LogP contribution in [0.5, 0.6) is 0 Å². The zero-order valence-electron chi connectivity index (χ0n) is 9.57. The number of aromatic nitrogens is 1. The Morgan fingerprint density at radius 2 is 2.12 bits per heavy atom. The van der Waals surface area contributed by atoms with Crippen molar-refractivity contribution in [2.75, 3.05) is 0 Å². The van der Waals surface area contributed by atoms with Crippen molar-refractivity contribution in [1.82, 2.24) is 4.98 Å². The monoisotopic (exact) mass is 213 g/mol. The van der Waals surface area contributed by atoms with Crippen molar-refractivity contribution in [3.63, 3.8) is 0 Å². The number of amidine groups is 1. The molecule has 2 rings (SSSR count). The molecule has 0 aliphatic heterocycles. The Morgan fingerprint density at radius 1 is 1.31 bits per heavy atom. The number of pyridine rings is 1. The molecule has 2 aromatic rings. The highest BCUT2D eigenvalue weighted by Crippen LogP contribution is 2.24. The second-order valence-corrected chi connectivity index (χ2v) is 3.76. The van der Waals surface area contributed by atoms with Gasteiger partial charge < -0.3 is 5.73 Å². The molecule has 0 bridgehead atoms. The van der Waals surface area contributed by atoms with E-state index in [1.165, 1.54) is 0 Å². The van der Waals surface area contributed by atoms with Crippen LogP contribution in [0.2, 0.25) is 0 Å². The zero-order chi connectivity index (χ0) is 11.5. The number of para-hydroxylation sites is 1. The SMILES string of the molecule is CCC(N)=Nc1cccc2ccc(C)nc12. The van der Waals surface area contributed by atoms with E-state index in [9.17, 15) is 0 Å². The summed E-state index contributed by atoms with van der Waals surface area (Å²) in [7, 11) is 0. The van der Waals surface area contributed by atoms with Crippen molar-refractivity contribution in [3.8, 4) is 0 Å². The minimum absolute atomic E-state index is 0.635. The molecule has 16 heavy (non-hydrogen) atoms. The number of fused-ring (bicyclic) bond motifs is 1. The van der Waals surface area contributed by atoms with Crippen molar-refractivity contribution in [3.05, 3.63) is 36.0 Å². The Hall–Kier alpha value is -1.90. The Bertz CT molecular complexity index is 544. The highest BCUT2D eigenvalue weighted by molar-refractivity contribution is 5.93. The maximum atomic E-state index is 5.76. The summed E-state index contributed by atoms with van der Waals surface area (Å²) < 4.78 is 0. The molecule has 82 valence electrons. The van der Waals surface area contributed by atoms with Crippen LogP contribution in [0.25, 0.3) is 10.9 Å². The van der Waals surface area contributed by atoms with E-state index >= 15 is 0 Å². The highest BCUT2D eigenvalue weighted by Gasteiger charge is 2.01. The Balaban J connectivity index is 2.65. The van der Waals surface area contributed by atoms with Gasteiger partial charge in [0.25, 0.3) is 0 Å². The topological polar surface area (TPSA) is 51.3 Å². The average Bonchev–Trinajstić information content (AvgIpc) is 2.29. The molecule has 3 heteroatoms. The molecular formula is C13H15N3. The Morgan fingerprint density at radius 3 is 2.88 bits per heavy atom. The van der Waals surface area contributed by atoms with E-state index in [1.807, 2.05) is 38.1 Å². The average molecular weight is 213 g/mol. The fourth-order valence-electron chi connectivity index (χ4n) is 1.55. The molecule has 3 nitrogen and oxygen atoms in total. The lowest BCUT2D eigenvalue weighted by Gasteiger charge is -2.03. The van der Waals surface area contributed by atoms with Gasteiger partial charge in [0.05, 0.1) is 17.0 Å². The first-order valence-corrected chi connectivity index (χ1v) is 5.40. The smallest absolute Gasteiger partial charge is 0.0994 e. The Kier molecular flexibility index (Phi) is 2.86. The molecule has 0 spiro atoms. The number of aryl methyl sites for hydroxylation is 1. The molecule has 0 aliphatic rings. The number of benzene rings is 1. The fraction of sp³-hybridized carbons (Fsp3) is 0.231. The minimum atomic E-state index is 0.635. The number of aliphatic imine (C=N–C) groups is 1. The third kappa shape index (κ3) is 2.03. The molecule has 0 saturated carbocycles. The van der Waals surface area contributed by atoms with Gasteiger partial charge in [0, 0.05) is 17.5 Å². The van der Waals surface area contributed by atoms with E-state index in [1.54, 1.807) is 0 Å². The summed E-state index contributed by atoms with van der Waals surface area (Å²) in [5.41, 5.74) is 8.51. The lowest BCUT2D eigenvalue weighted by atomic mass is 10.2. The van der Waals surface area contributed by atoms with E-state index in [2.05, 4.69) is 16.0 Å². The van der Waals surface area contributed by atoms with Crippen LogP contribution in [0.4, 0.5) is 5.69 Å². The molecule has 0 saturated heterocycles. The number of nitrogens with two attached hydrogens (primary N) is 1. The summed E-state index contributed by atoms with van der Waals surface area (Å²) in [6.45, 7) is 3.96. The fourth-order valence-corrected chi connectivity index (χ4v) is 1.55. The molecule has 0 atom stereocenters. The molecule has 0 aliphatic carbocycles. The van der Waals surface area contributed by atoms with E-state index in [0.717, 1.165) is 28.7 Å². The normalized spacial score (nSPS) is 12.0. The lowest BCUT2D eigenvalue weighted by Crippen LogP contribution is -2.08. The summed E-state index contributed by atoms with van der Waals surface area (Å²) >= 11 is 0. The predicted octanol–water partition coefficient (Wildman–Crippen LogP) is 2.94. The molecule has 0 amide bonds. The van der Waals surface area contributed by atoms with Crippen LogP contribution in [-0.4, -0.2) is 10.8 Å². The standard InChI is InChI=1S/C13H15N3/c1-3-12(14)16-11-6-4-5-10-8-7-9(2)15-13(10)11/h4-8H,3H2,1-2H3,(H2,14,16). The molecule has 2 N–H and O–H groups in total. The van der Waals surface area contributed by atoms with Gasteiger partial charge in [0.15, 0.2) is 0 Å². The highest BCUT2D eigenvalue weighted by atomic mass is 14.9. The van der Waals surface area contributed by atoms with Crippen molar-refractivity contribution >= 4 is 22.4 Å². The first-order chi connectivity index (χ1) is 7.70. The number of nitrogens with zero attached hydrogens (tertiary/aromatic N) is 2. The summed E-state index contributed by atoms with van der Waals surface area (Å²) in [5, 5.41) is 1.09. The van der Waals surface area contributed by atoms with Gasteiger partial charge >= 0.3 is 0 Å². The van der Waals surface area contributed by atoms with Gasteiger partial charge in [0.1, 0.15) is 0 Å². The number of rotatable bonds is 2. The number of hydrogen-bond acceptors (Lipinski definition) is 2. The van der Waals surface area contributed by atoms with Gasteiger partial charge in [-0.2, -0.15) is 0 Å². The summed E-state index contributed by atoms with van der Waals surface area (Å²) in [4.78, 5) is 8.88. The summed E-state index contributed by atoms with van der Waals surface area (Å²) in [6.07, 6.45) is 0.752. The van der Waals surface area contributed by atoms with Gasteiger partial charge in [-0.05, 0) is 19.1 Å². The third-order valence-corrected chi connectivity index (χ3v) is 2.46. The molecule has 1 heterocycles. The van der Waals surface area contributed by atoms with E-state index in [0.29, 0.717) is 5.84 Å². The minimum Gasteiger partial charge on any atom is -0.387 e. The first kappa shape index (κ1) is 10.6. The third-order valence-electron chi connectivity index (χ3n) is 2.46. The molecule has 0 fully saturated rings. The summed E-state index contributed by atoms with van der Waals surface area (Å²) in [5.74, 6) is 0.635. The van der Waals surface area contributed by atoms with Crippen LogP contribution in [0.3, 0.4) is 0 Å². The van der Waals surface area contributed by atoms with Crippen molar-refractivity contribution in [2.45, 2.75) is 20.3 Å². The van der Waals surface area contributed by atoms with Gasteiger partial charge in [-0.25, -0.2) is 4.99 Å². The van der Waals surface area contributed by atoms with Crippen molar-refractivity contribution < 1.29 is 0 Å². The van der Waals surface area contributed by atoms with E-state index < -0.39 is 0 Å². The van der Waals surface area contributed by atoms with Crippen LogP contribution >= 0.6 is 0 Å². The molecule has 1 aromatic carbocycles. The summed E-state index contributed by atoms with van der Waals surface area (Å²) in [6, 6.07) is 10.00. The van der Waals surface area contributed by atoms with Gasteiger partial charge in [-0.1, -0.05) is 25.1 Å². The number of hydrogen-bond donors (Lipinski definition) is 1. The molecule has 1 aromatic heterocycles. The van der Waals surface area contributed by atoms with Crippen molar-refractivity contribution in [1.29, 1.82) is 0 Å². The molecule has 0 unspecified atom stereocenters. The van der Waals surface area contributed by atoms with Crippen LogP contribution < -0.4 is 5.73 Å². The first-order valence-electron chi connectivity index (χ1n) is 5.40. The maximum absolute atomic E-state index is 5.76. The Labute approximate surface area is 95.0 Å². The van der Waals surface area contributed by atoms with Crippen LogP contribution in [0.15, 0.2) is 35.3 Å². The van der Waals surface area contributed by atoms with Crippen LogP contribution in [0, 0.1) is 6.92 Å². The maximum Gasteiger partial charge on any atom is 0.0994 e. The quantitative estimate of drug-likeness (QED) is 0.616. The van der Waals surface area contributed by atoms with Crippen molar-refractivity contribution in [2.24, 2.45) is 10.7 Å². The molecular weight excluding hydrogens is 198 g/mol.